The first kappa shape index (κ1) is 70.6. The van der Waals surface area contributed by atoms with E-state index in [0.29, 0.717) is 20.8 Å². The van der Waals surface area contributed by atoms with Crippen LogP contribution in [0, 0.1) is 28.1 Å². The zero-order valence-corrected chi connectivity index (χ0v) is 42.6. The number of carbonyl (C=O) groups is 4. The van der Waals surface area contributed by atoms with E-state index in [1.807, 2.05) is 0 Å². The van der Waals surface area contributed by atoms with E-state index < -0.39 is 136 Å². The van der Waals surface area contributed by atoms with Crippen LogP contribution in [0.1, 0.15) is 130 Å². The molecule has 0 radical (unpaired) electrons. The third-order valence-corrected chi connectivity index (χ3v) is 11.8. The van der Waals surface area contributed by atoms with Crippen molar-refractivity contribution in [2.24, 2.45) is 28.1 Å². The summed E-state index contributed by atoms with van der Waals surface area (Å²) in [5.41, 5.74) is -19.8. The molecule has 0 bridgehead atoms. The van der Waals surface area contributed by atoms with Gasteiger partial charge in [0.2, 0.25) is 5.60 Å². The van der Waals surface area contributed by atoms with E-state index in [0.717, 1.165) is 7.11 Å². The molecule has 0 spiro atoms. The van der Waals surface area contributed by atoms with Gasteiger partial charge in [0.25, 0.3) is 11.2 Å². The summed E-state index contributed by atoms with van der Waals surface area (Å²) in [6.45, 7) is 15.9. The monoisotopic (exact) mass is 1100 g/mol. The van der Waals surface area contributed by atoms with Gasteiger partial charge in [0.05, 0.1) is 28.8 Å². The number of hydrogen-bond donors (Lipinski definition) is 1. The van der Waals surface area contributed by atoms with E-state index in [2.05, 4.69) is 28.4 Å². The SMILES string of the molecule is CCC(C)(C)C(=O)OC(C)(C)C(O)(C(F)(F)F)C(F)(F)F.CCC(C)(C)C(=O)OC1(C)COC(OC(=O)C(C)C)(C(F)(F)F)C1(F)F.CCC(C)(C)C(=O)OCC(OC(OC)C(C)C)(C(F)(F)F)C(F)(F)F. The largest absolute Gasteiger partial charge is 0.462 e. The molecule has 1 aliphatic heterocycles. The fourth-order valence-electron chi connectivity index (χ4n) is 5.11. The number of carbonyl (C=O) groups excluding carboxylic acids is 4. The lowest BCUT2D eigenvalue weighted by Crippen LogP contribution is -2.70. The first-order valence-corrected chi connectivity index (χ1v) is 21.6. The van der Waals surface area contributed by atoms with Gasteiger partial charge >= 0.3 is 66.5 Å². The first-order chi connectivity index (χ1) is 31.5. The van der Waals surface area contributed by atoms with Gasteiger partial charge in [0.15, 0.2) is 11.9 Å². The van der Waals surface area contributed by atoms with Crippen LogP contribution in [0.5, 0.6) is 0 Å². The molecule has 0 saturated carbocycles. The second-order valence-corrected chi connectivity index (χ2v) is 19.9. The Kier molecular flexibility index (Phi) is 22.7. The number of esters is 4. The summed E-state index contributed by atoms with van der Waals surface area (Å²) < 4.78 is 258. The number of alkyl halides is 17. The quantitative estimate of drug-likeness (QED) is 0.0638. The Morgan fingerprint density at radius 3 is 1.29 bits per heavy atom. The van der Waals surface area contributed by atoms with E-state index in [-0.39, 0.29) is 19.3 Å². The van der Waals surface area contributed by atoms with Crippen LogP contribution in [0.25, 0.3) is 0 Å². The Balaban J connectivity index is 0. The fourth-order valence-corrected chi connectivity index (χ4v) is 5.11. The predicted octanol–water partition coefficient (Wildman–Crippen LogP) is 11.9. The second kappa shape index (κ2) is 23.2. The van der Waals surface area contributed by atoms with Gasteiger partial charge in [0, 0.05) is 13.0 Å². The molecule has 1 rings (SSSR count). The minimum atomic E-state index is -6.06. The molecule has 72 heavy (non-hydrogen) atoms. The number of halogens is 17. The molecule has 1 heterocycles. The Morgan fingerprint density at radius 2 is 0.986 bits per heavy atom. The molecule has 1 saturated heterocycles. The van der Waals surface area contributed by atoms with Crippen molar-refractivity contribution in [3.05, 3.63) is 0 Å². The number of hydrogen-bond acceptors (Lipinski definition) is 12. The van der Waals surface area contributed by atoms with Gasteiger partial charge in [0.1, 0.15) is 6.61 Å². The lowest BCUT2D eigenvalue weighted by molar-refractivity contribution is -0.417. The standard InChI is InChI=1S/C16H23F5O5.C15H24F6O4.C12H18F6O3/c1-7-12(4,5)11(23)26-13(6)8-24-15(14(13,17)18,16(19,20)21)25-10(22)9(2)3;1-7-12(4,5)11(22)24-8-13(14(16,17)18,15(19,20)21)25-10(23-6)9(2)3;1-6-8(2,3)7(19)21-9(4,5)10(20,11(13,14)15)12(16,17)18/h9H,7-8H2,1-6H3;9-10H,7-8H2,1-6H3;20H,6H2,1-5H3. The highest BCUT2D eigenvalue weighted by Crippen LogP contribution is 2.57. The summed E-state index contributed by atoms with van der Waals surface area (Å²) >= 11 is 0. The van der Waals surface area contributed by atoms with Gasteiger partial charge in [-0.05, 0) is 81.6 Å². The molecule has 29 heteroatoms. The van der Waals surface area contributed by atoms with Crippen LogP contribution in [0.4, 0.5) is 74.6 Å². The van der Waals surface area contributed by atoms with Crippen molar-refractivity contribution in [1.29, 1.82) is 0 Å². The van der Waals surface area contributed by atoms with Crippen molar-refractivity contribution in [3.8, 4) is 0 Å². The molecule has 0 aromatic heterocycles. The molecular weight excluding hydrogens is 1030 g/mol. The molecule has 1 N–H and O–H groups in total. The summed E-state index contributed by atoms with van der Waals surface area (Å²) in [7, 11) is 0.925. The molecule has 1 fully saturated rings. The van der Waals surface area contributed by atoms with Gasteiger partial charge < -0.3 is 38.3 Å². The van der Waals surface area contributed by atoms with E-state index in [1.165, 1.54) is 76.2 Å². The summed E-state index contributed by atoms with van der Waals surface area (Å²) in [6.07, 6.45) is -30.9. The lowest BCUT2D eigenvalue weighted by atomic mass is 9.83. The maximum Gasteiger partial charge on any atom is 0.462 e. The van der Waals surface area contributed by atoms with Crippen LogP contribution in [0.3, 0.4) is 0 Å². The normalized spacial score (nSPS) is 20.2. The average Bonchev–Trinajstić information content (AvgIpc) is 3.39. The lowest BCUT2D eigenvalue weighted by Gasteiger charge is -2.44. The molecule has 12 nitrogen and oxygen atoms in total. The van der Waals surface area contributed by atoms with Crippen molar-refractivity contribution >= 4 is 23.9 Å². The highest BCUT2D eigenvalue weighted by atomic mass is 19.4. The van der Waals surface area contributed by atoms with Crippen LogP contribution < -0.4 is 0 Å². The van der Waals surface area contributed by atoms with Gasteiger partial charge in [-0.1, -0.05) is 48.5 Å². The molecule has 0 aliphatic carbocycles. The third-order valence-electron chi connectivity index (χ3n) is 11.8. The molecule has 1 aliphatic rings. The van der Waals surface area contributed by atoms with Crippen LogP contribution >= 0.6 is 0 Å². The zero-order valence-electron chi connectivity index (χ0n) is 42.6. The van der Waals surface area contributed by atoms with Crippen LogP contribution in [-0.2, 0) is 52.3 Å². The minimum Gasteiger partial charge on any atom is -0.461 e. The summed E-state index contributed by atoms with van der Waals surface area (Å²) in [4.78, 5) is 47.4. The molecule has 3 atom stereocenters. The third kappa shape index (κ3) is 14.9. The summed E-state index contributed by atoms with van der Waals surface area (Å²) in [5.74, 6) is -16.4. The predicted molar refractivity (Wildman–Crippen MR) is 217 cm³/mol. The van der Waals surface area contributed by atoms with Crippen LogP contribution in [0.15, 0.2) is 0 Å². The summed E-state index contributed by atoms with van der Waals surface area (Å²) in [5, 5.41) is 9.27. The first-order valence-electron chi connectivity index (χ1n) is 21.6. The molecule has 428 valence electrons. The summed E-state index contributed by atoms with van der Waals surface area (Å²) in [6, 6.07) is 0. The van der Waals surface area contributed by atoms with Crippen molar-refractivity contribution < 1.29 is 132 Å². The van der Waals surface area contributed by atoms with Crippen molar-refractivity contribution in [1.82, 2.24) is 0 Å². The Morgan fingerprint density at radius 1 is 0.611 bits per heavy atom. The molecular formula is C43H65F17O12. The van der Waals surface area contributed by atoms with Crippen molar-refractivity contribution in [2.75, 3.05) is 20.3 Å². The van der Waals surface area contributed by atoms with E-state index in [4.69, 9.17) is 4.74 Å². The molecule has 0 aromatic carbocycles. The zero-order chi connectivity index (χ0) is 58.5. The van der Waals surface area contributed by atoms with E-state index in [9.17, 15) is 98.9 Å². The maximum absolute atomic E-state index is 14.9. The van der Waals surface area contributed by atoms with Gasteiger partial charge in [-0.15, -0.1) is 0 Å². The topological polar surface area (TPSA) is 153 Å². The van der Waals surface area contributed by atoms with Gasteiger partial charge in [-0.25, -0.2) is 0 Å². The highest BCUT2D eigenvalue weighted by molar-refractivity contribution is 5.77. The van der Waals surface area contributed by atoms with E-state index in [1.54, 1.807) is 13.8 Å². The fraction of sp³-hybridized carbons (Fsp3) is 0.907. The highest BCUT2D eigenvalue weighted by Gasteiger charge is 2.86. The van der Waals surface area contributed by atoms with Gasteiger partial charge in [-0.3, -0.25) is 19.2 Å². The molecule has 0 aromatic rings. The molecule has 3 unspecified atom stereocenters. The number of ether oxygens (including phenoxy) is 7. The van der Waals surface area contributed by atoms with Crippen LogP contribution in [-0.4, -0.2) is 121 Å². The Hall–Kier alpha value is -3.47. The smallest absolute Gasteiger partial charge is 0.461 e. The Bertz CT molecular complexity index is 1790. The maximum atomic E-state index is 14.9. The van der Waals surface area contributed by atoms with Crippen molar-refractivity contribution in [2.45, 2.75) is 201 Å². The minimum absolute atomic E-state index is 0.137. The van der Waals surface area contributed by atoms with E-state index >= 15 is 0 Å². The van der Waals surface area contributed by atoms with Crippen molar-refractivity contribution in [3.63, 3.8) is 0 Å². The molecule has 0 amide bonds. The van der Waals surface area contributed by atoms with Crippen LogP contribution in [0.2, 0.25) is 0 Å². The van der Waals surface area contributed by atoms with Gasteiger partial charge in [-0.2, -0.15) is 74.6 Å². The second-order valence-electron chi connectivity index (χ2n) is 19.9. The number of methoxy groups -OCH3 is 1. The number of rotatable bonds is 17. The Labute approximate surface area is 405 Å². The number of aliphatic hydroxyl groups is 1. The average molecular weight is 1100 g/mol.